The average molecular weight is 512 g/mol. The summed E-state index contributed by atoms with van der Waals surface area (Å²) in [5, 5.41) is 8.47. The Morgan fingerprint density at radius 3 is 2.56 bits per heavy atom. The van der Waals surface area contributed by atoms with Gasteiger partial charge in [0.1, 0.15) is 0 Å². The van der Waals surface area contributed by atoms with Gasteiger partial charge < -0.3 is 25.4 Å². The fourth-order valence-corrected chi connectivity index (χ4v) is 4.04. The van der Waals surface area contributed by atoms with Gasteiger partial charge in [-0.05, 0) is 62.0 Å². The molecule has 3 rings (SSSR count). The molecule has 1 saturated heterocycles. The van der Waals surface area contributed by atoms with Crippen LogP contribution in [0.15, 0.2) is 54.6 Å². The van der Waals surface area contributed by atoms with Crippen molar-refractivity contribution in [3.8, 4) is 0 Å². The molecular formula is C27H33N3O5S. The Morgan fingerprint density at radius 2 is 1.78 bits per heavy atom. The summed E-state index contributed by atoms with van der Waals surface area (Å²) in [7, 11) is 0. The Labute approximate surface area is 217 Å². The van der Waals surface area contributed by atoms with Crippen molar-refractivity contribution >= 4 is 40.8 Å². The van der Waals surface area contributed by atoms with Crippen LogP contribution in [0.25, 0.3) is 0 Å². The van der Waals surface area contributed by atoms with Gasteiger partial charge in [-0.15, -0.1) is 0 Å². The predicted octanol–water partition coefficient (Wildman–Crippen LogP) is 3.75. The van der Waals surface area contributed by atoms with E-state index in [2.05, 4.69) is 16.0 Å². The van der Waals surface area contributed by atoms with Crippen molar-refractivity contribution in [1.82, 2.24) is 10.6 Å². The van der Waals surface area contributed by atoms with Gasteiger partial charge in [0.15, 0.2) is 5.11 Å². The third-order valence-electron chi connectivity index (χ3n) is 5.69. The summed E-state index contributed by atoms with van der Waals surface area (Å²) in [6.45, 7) is 1.53. The van der Waals surface area contributed by atoms with Crippen LogP contribution in [0.1, 0.15) is 54.4 Å². The maximum absolute atomic E-state index is 12.6. The number of nitrogens with one attached hydrogen (secondary N) is 3. The van der Waals surface area contributed by atoms with Crippen molar-refractivity contribution in [2.24, 2.45) is 0 Å². The molecule has 1 heterocycles. The first-order chi connectivity index (χ1) is 17.5. The standard InChI is InChI=1S/C27H33N3O5S/c31-24(15-6-16-25(32)35-18-7-11-20-9-2-1-3-10-20)30-27(36)29-23-14-5-4-13-22(23)26(33)28-19-21-12-8-17-34-21/h1-5,9-10,13-14,21H,6-8,11-12,15-19H2,(H,28,33)(H2,29,30,31,36)/t21-/m0/s1. The smallest absolute Gasteiger partial charge is 0.305 e. The van der Waals surface area contributed by atoms with E-state index in [0.717, 1.165) is 32.3 Å². The van der Waals surface area contributed by atoms with E-state index in [-0.39, 0.29) is 41.8 Å². The number of carbonyl (C=O) groups is 3. The van der Waals surface area contributed by atoms with Gasteiger partial charge in [0, 0.05) is 26.0 Å². The molecule has 0 radical (unpaired) electrons. The molecule has 9 heteroatoms. The van der Waals surface area contributed by atoms with Crippen molar-refractivity contribution in [2.45, 2.75) is 51.0 Å². The Morgan fingerprint density at radius 1 is 1.00 bits per heavy atom. The molecule has 192 valence electrons. The summed E-state index contributed by atoms with van der Waals surface area (Å²) >= 11 is 5.24. The highest BCUT2D eigenvalue weighted by atomic mass is 32.1. The first kappa shape index (κ1) is 27.3. The zero-order valence-corrected chi connectivity index (χ0v) is 21.1. The number of carbonyl (C=O) groups excluding carboxylic acids is 3. The van der Waals surface area contributed by atoms with Crippen LogP contribution in [0.4, 0.5) is 5.69 Å². The Kier molecular flexibility index (Phi) is 11.3. The summed E-state index contributed by atoms with van der Waals surface area (Å²) < 4.78 is 10.8. The number of rotatable bonds is 12. The summed E-state index contributed by atoms with van der Waals surface area (Å²) in [5.41, 5.74) is 2.12. The number of ether oxygens (including phenoxy) is 2. The lowest BCUT2D eigenvalue weighted by molar-refractivity contribution is -0.143. The molecule has 1 fully saturated rings. The van der Waals surface area contributed by atoms with Crippen LogP contribution in [-0.4, -0.2) is 48.8 Å². The number of hydrogen-bond donors (Lipinski definition) is 3. The Bertz CT molecular complexity index is 1030. The molecule has 0 unspecified atom stereocenters. The third-order valence-corrected chi connectivity index (χ3v) is 5.89. The van der Waals surface area contributed by atoms with Gasteiger partial charge in [-0.2, -0.15) is 0 Å². The molecule has 2 aromatic rings. The van der Waals surface area contributed by atoms with E-state index in [1.54, 1.807) is 24.3 Å². The fourth-order valence-electron chi connectivity index (χ4n) is 3.81. The number of anilines is 1. The van der Waals surface area contributed by atoms with Crippen LogP contribution in [-0.2, 0) is 25.5 Å². The summed E-state index contributed by atoms with van der Waals surface area (Å²) in [4.78, 5) is 36.7. The maximum Gasteiger partial charge on any atom is 0.305 e. The average Bonchev–Trinajstić information content (AvgIpc) is 3.40. The number of hydrogen-bond acceptors (Lipinski definition) is 6. The largest absolute Gasteiger partial charge is 0.466 e. The monoisotopic (exact) mass is 511 g/mol. The van der Waals surface area contributed by atoms with Gasteiger partial charge in [0.05, 0.1) is 24.0 Å². The molecule has 36 heavy (non-hydrogen) atoms. The summed E-state index contributed by atoms with van der Waals surface area (Å²) in [5.74, 6) is -0.880. The van der Waals surface area contributed by atoms with E-state index in [4.69, 9.17) is 21.7 Å². The lowest BCUT2D eigenvalue weighted by Crippen LogP contribution is -2.35. The van der Waals surface area contributed by atoms with Crippen LogP contribution >= 0.6 is 12.2 Å². The SMILES string of the molecule is O=C(CCCC(=O)OCCCc1ccccc1)NC(=S)Nc1ccccc1C(=O)NC[C@@H]1CCCO1. The second kappa shape index (κ2) is 15.0. The molecule has 0 spiro atoms. The zero-order valence-electron chi connectivity index (χ0n) is 20.3. The van der Waals surface area contributed by atoms with Crippen LogP contribution in [0, 0.1) is 0 Å². The zero-order chi connectivity index (χ0) is 25.6. The van der Waals surface area contributed by atoms with Crippen molar-refractivity contribution in [2.75, 3.05) is 25.1 Å². The number of thiocarbonyl (C=S) groups is 1. The summed E-state index contributed by atoms with van der Waals surface area (Å²) in [6, 6.07) is 16.9. The van der Waals surface area contributed by atoms with E-state index < -0.39 is 0 Å². The molecule has 0 bridgehead atoms. The number of benzene rings is 2. The first-order valence-corrected chi connectivity index (χ1v) is 12.7. The van der Waals surface area contributed by atoms with Crippen LogP contribution in [0.2, 0.25) is 0 Å². The third kappa shape index (κ3) is 9.75. The number of para-hydroxylation sites is 1. The second-order valence-corrected chi connectivity index (χ2v) is 8.96. The van der Waals surface area contributed by atoms with Gasteiger partial charge in [-0.1, -0.05) is 42.5 Å². The minimum absolute atomic E-state index is 0.0426. The molecular weight excluding hydrogens is 478 g/mol. The minimum atomic E-state index is -0.320. The molecule has 1 aliphatic heterocycles. The lowest BCUT2D eigenvalue weighted by Gasteiger charge is -2.15. The molecule has 0 saturated carbocycles. The van der Waals surface area contributed by atoms with Gasteiger partial charge in [0.2, 0.25) is 5.91 Å². The second-order valence-electron chi connectivity index (χ2n) is 8.56. The van der Waals surface area contributed by atoms with E-state index in [1.165, 1.54) is 5.56 Å². The minimum Gasteiger partial charge on any atom is -0.466 e. The van der Waals surface area contributed by atoms with Crippen LogP contribution in [0.3, 0.4) is 0 Å². The topological polar surface area (TPSA) is 106 Å². The summed E-state index contributed by atoms with van der Waals surface area (Å²) in [6.07, 6.45) is 4.22. The van der Waals surface area contributed by atoms with Gasteiger partial charge in [-0.25, -0.2) is 0 Å². The van der Waals surface area contributed by atoms with Crippen molar-refractivity contribution in [1.29, 1.82) is 0 Å². The van der Waals surface area contributed by atoms with Crippen molar-refractivity contribution in [3.05, 3.63) is 65.7 Å². The van der Waals surface area contributed by atoms with E-state index in [1.807, 2.05) is 30.3 Å². The number of aryl methyl sites for hydroxylation is 1. The highest BCUT2D eigenvalue weighted by Gasteiger charge is 2.18. The van der Waals surface area contributed by atoms with E-state index in [0.29, 0.717) is 30.8 Å². The maximum atomic E-state index is 12.6. The highest BCUT2D eigenvalue weighted by Crippen LogP contribution is 2.16. The number of amides is 2. The van der Waals surface area contributed by atoms with E-state index in [9.17, 15) is 14.4 Å². The molecule has 3 N–H and O–H groups in total. The van der Waals surface area contributed by atoms with Crippen LogP contribution in [0.5, 0.6) is 0 Å². The van der Waals surface area contributed by atoms with Crippen molar-refractivity contribution in [3.63, 3.8) is 0 Å². The number of esters is 1. The lowest BCUT2D eigenvalue weighted by atomic mass is 10.1. The molecule has 2 amide bonds. The molecule has 2 aromatic carbocycles. The molecule has 0 aromatic heterocycles. The van der Waals surface area contributed by atoms with Crippen LogP contribution < -0.4 is 16.0 Å². The Balaban J connectivity index is 1.32. The van der Waals surface area contributed by atoms with Gasteiger partial charge >= 0.3 is 5.97 Å². The fraction of sp³-hybridized carbons (Fsp3) is 0.407. The highest BCUT2D eigenvalue weighted by molar-refractivity contribution is 7.80. The molecule has 1 aliphatic rings. The molecule has 1 atom stereocenters. The molecule has 8 nitrogen and oxygen atoms in total. The van der Waals surface area contributed by atoms with Crippen molar-refractivity contribution < 1.29 is 23.9 Å². The first-order valence-electron chi connectivity index (χ1n) is 12.3. The normalized spacial score (nSPS) is 14.6. The molecule has 0 aliphatic carbocycles. The Hall–Kier alpha value is -3.30. The van der Waals surface area contributed by atoms with Gasteiger partial charge in [-0.3, -0.25) is 14.4 Å². The quantitative estimate of drug-likeness (QED) is 0.226. The van der Waals surface area contributed by atoms with Gasteiger partial charge in [0.25, 0.3) is 5.91 Å². The van der Waals surface area contributed by atoms with E-state index >= 15 is 0 Å². The predicted molar refractivity (Wildman–Crippen MR) is 142 cm³/mol.